The third-order valence-corrected chi connectivity index (χ3v) is 4.31. The summed E-state index contributed by atoms with van der Waals surface area (Å²) in [5.41, 5.74) is 0.354. The molecule has 2 N–H and O–H groups in total. The molecule has 1 fully saturated rings. The normalized spacial score (nSPS) is 20.1. The Morgan fingerprint density at radius 3 is 2.62 bits per heavy atom. The highest BCUT2D eigenvalue weighted by Crippen LogP contribution is 2.29. The highest BCUT2D eigenvalue weighted by molar-refractivity contribution is 5.20. The Kier molecular flexibility index (Phi) is 6.03. The van der Waals surface area contributed by atoms with Crippen LogP contribution in [0.25, 0.3) is 0 Å². The van der Waals surface area contributed by atoms with E-state index in [1.54, 1.807) is 0 Å². The van der Waals surface area contributed by atoms with Gasteiger partial charge in [-0.3, -0.25) is 0 Å². The second-order valence-electron chi connectivity index (χ2n) is 6.52. The van der Waals surface area contributed by atoms with E-state index in [9.17, 15) is 5.11 Å². The number of ether oxygens (including phenoxy) is 1. The van der Waals surface area contributed by atoms with Gasteiger partial charge in [0.05, 0.1) is 0 Å². The standard InChI is InChI=1S/C17H28N2O2/c1-17(8-10-19(2)11-9-17)14-18-12-15(20)13-21-16-6-4-3-5-7-16/h3-7,15,18,20H,8-14H2,1-2H3. The van der Waals surface area contributed by atoms with Gasteiger partial charge in [0, 0.05) is 13.1 Å². The maximum atomic E-state index is 9.97. The van der Waals surface area contributed by atoms with Gasteiger partial charge >= 0.3 is 0 Å². The number of hydrogen-bond donors (Lipinski definition) is 2. The molecule has 1 aliphatic heterocycles. The quantitative estimate of drug-likeness (QED) is 0.803. The van der Waals surface area contributed by atoms with E-state index in [1.165, 1.54) is 12.8 Å². The summed E-state index contributed by atoms with van der Waals surface area (Å²) in [6.45, 7) is 6.54. The average molecular weight is 292 g/mol. The Labute approximate surface area is 128 Å². The maximum Gasteiger partial charge on any atom is 0.119 e. The van der Waals surface area contributed by atoms with Crippen molar-refractivity contribution >= 4 is 0 Å². The summed E-state index contributed by atoms with van der Waals surface area (Å²) < 4.78 is 5.55. The number of piperidine rings is 1. The molecule has 118 valence electrons. The summed E-state index contributed by atoms with van der Waals surface area (Å²) in [4.78, 5) is 2.38. The molecule has 1 aromatic carbocycles. The zero-order valence-corrected chi connectivity index (χ0v) is 13.2. The number of aliphatic hydroxyl groups is 1. The minimum atomic E-state index is -0.472. The Morgan fingerprint density at radius 2 is 1.95 bits per heavy atom. The smallest absolute Gasteiger partial charge is 0.119 e. The van der Waals surface area contributed by atoms with Gasteiger partial charge in [0.15, 0.2) is 0 Å². The molecule has 4 heteroatoms. The molecule has 1 aliphatic rings. The largest absolute Gasteiger partial charge is 0.491 e. The van der Waals surface area contributed by atoms with Crippen LogP contribution in [0.15, 0.2) is 30.3 Å². The van der Waals surface area contributed by atoms with Gasteiger partial charge in [-0.1, -0.05) is 25.1 Å². The molecule has 0 bridgehead atoms. The molecular weight excluding hydrogens is 264 g/mol. The van der Waals surface area contributed by atoms with Gasteiger partial charge < -0.3 is 20.1 Å². The number of rotatable bonds is 7. The molecule has 2 rings (SSSR count). The number of para-hydroxylation sites is 1. The van der Waals surface area contributed by atoms with Crippen LogP contribution in [0, 0.1) is 5.41 Å². The van der Waals surface area contributed by atoms with Gasteiger partial charge in [-0.2, -0.15) is 0 Å². The van der Waals surface area contributed by atoms with Crippen molar-refractivity contribution in [1.82, 2.24) is 10.2 Å². The number of likely N-dealkylation sites (tertiary alicyclic amines) is 1. The van der Waals surface area contributed by atoms with E-state index in [0.29, 0.717) is 18.6 Å². The van der Waals surface area contributed by atoms with E-state index in [4.69, 9.17) is 4.74 Å². The van der Waals surface area contributed by atoms with Gasteiger partial charge in [0.1, 0.15) is 18.5 Å². The van der Waals surface area contributed by atoms with Crippen LogP contribution in [0.1, 0.15) is 19.8 Å². The lowest BCUT2D eigenvalue weighted by atomic mass is 9.80. The van der Waals surface area contributed by atoms with Crippen LogP contribution < -0.4 is 10.1 Å². The van der Waals surface area contributed by atoms with E-state index in [0.717, 1.165) is 25.4 Å². The predicted octanol–water partition coefficient (Wildman–Crippen LogP) is 1.75. The molecule has 0 spiro atoms. The number of benzene rings is 1. The minimum absolute atomic E-state index is 0.330. The van der Waals surface area contributed by atoms with E-state index >= 15 is 0 Å². The van der Waals surface area contributed by atoms with Crippen LogP contribution in [0.4, 0.5) is 0 Å². The lowest BCUT2D eigenvalue weighted by Crippen LogP contribution is -2.44. The first kappa shape index (κ1) is 16.3. The molecule has 0 aromatic heterocycles. The van der Waals surface area contributed by atoms with Crippen LogP contribution in [-0.4, -0.2) is 55.9 Å². The van der Waals surface area contributed by atoms with Gasteiger partial charge in [-0.15, -0.1) is 0 Å². The summed E-state index contributed by atoms with van der Waals surface area (Å²) in [7, 11) is 2.18. The highest BCUT2D eigenvalue weighted by atomic mass is 16.5. The fourth-order valence-corrected chi connectivity index (χ4v) is 2.64. The van der Waals surface area contributed by atoms with Gasteiger partial charge in [-0.25, -0.2) is 0 Å². The molecule has 0 saturated carbocycles. The third-order valence-electron chi connectivity index (χ3n) is 4.31. The molecule has 0 aliphatic carbocycles. The number of aliphatic hydroxyl groups excluding tert-OH is 1. The number of nitrogens with zero attached hydrogens (tertiary/aromatic N) is 1. The molecule has 1 saturated heterocycles. The van der Waals surface area contributed by atoms with Crippen molar-refractivity contribution in [1.29, 1.82) is 0 Å². The SMILES string of the molecule is CN1CCC(C)(CNCC(O)COc2ccccc2)CC1. The Hall–Kier alpha value is -1.10. The van der Waals surface area contributed by atoms with E-state index in [2.05, 4.69) is 24.2 Å². The highest BCUT2D eigenvalue weighted by Gasteiger charge is 2.28. The second-order valence-corrected chi connectivity index (χ2v) is 6.52. The lowest BCUT2D eigenvalue weighted by Gasteiger charge is -2.38. The first-order valence-corrected chi connectivity index (χ1v) is 7.83. The average Bonchev–Trinajstić information content (AvgIpc) is 2.50. The molecule has 4 nitrogen and oxygen atoms in total. The summed E-state index contributed by atoms with van der Waals surface area (Å²) in [6.07, 6.45) is 1.96. The third kappa shape index (κ3) is 5.65. The van der Waals surface area contributed by atoms with Gasteiger partial charge in [-0.05, 0) is 50.5 Å². The summed E-state index contributed by atoms with van der Waals surface area (Å²) in [5.74, 6) is 0.804. The van der Waals surface area contributed by atoms with Crippen LogP contribution >= 0.6 is 0 Å². The van der Waals surface area contributed by atoms with Crippen LogP contribution in [0.3, 0.4) is 0 Å². The predicted molar refractivity (Wildman–Crippen MR) is 85.7 cm³/mol. The van der Waals surface area contributed by atoms with Gasteiger partial charge in [0.2, 0.25) is 0 Å². The van der Waals surface area contributed by atoms with Gasteiger partial charge in [0.25, 0.3) is 0 Å². The number of nitrogens with one attached hydrogen (secondary N) is 1. The summed E-state index contributed by atoms with van der Waals surface area (Å²) in [5, 5.41) is 13.4. The van der Waals surface area contributed by atoms with Crippen molar-refractivity contribution < 1.29 is 9.84 Å². The first-order chi connectivity index (χ1) is 10.1. The van der Waals surface area contributed by atoms with E-state index < -0.39 is 6.10 Å². The molecule has 0 amide bonds. The van der Waals surface area contributed by atoms with Crippen molar-refractivity contribution in [3.05, 3.63) is 30.3 Å². The van der Waals surface area contributed by atoms with Crippen molar-refractivity contribution in [2.45, 2.75) is 25.9 Å². The molecule has 1 heterocycles. The molecule has 1 atom stereocenters. The zero-order chi connectivity index (χ0) is 15.1. The van der Waals surface area contributed by atoms with E-state index in [1.807, 2.05) is 30.3 Å². The number of hydrogen-bond acceptors (Lipinski definition) is 4. The van der Waals surface area contributed by atoms with Crippen molar-refractivity contribution in [2.75, 3.05) is 39.8 Å². The van der Waals surface area contributed by atoms with Crippen LogP contribution in [0.5, 0.6) is 5.75 Å². The Balaban J connectivity index is 1.62. The molecule has 1 aromatic rings. The van der Waals surface area contributed by atoms with E-state index in [-0.39, 0.29) is 0 Å². The Morgan fingerprint density at radius 1 is 1.29 bits per heavy atom. The van der Waals surface area contributed by atoms with Crippen molar-refractivity contribution in [3.63, 3.8) is 0 Å². The summed E-state index contributed by atoms with van der Waals surface area (Å²) >= 11 is 0. The van der Waals surface area contributed by atoms with Crippen LogP contribution in [-0.2, 0) is 0 Å². The zero-order valence-electron chi connectivity index (χ0n) is 13.2. The molecule has 1 unspecified atom stereocenters. The van der Waals surface area contributed by atoms with Crippen molar-refractivity contribution in [2.24, 2.45) is 5.41 Å². The fraction of sp³-hybridized carbons (Fsp3) is 0.647. The topological polar surface area (TPSA) is 44.7 Å². The summed E-state index contributed by atoms with van der Waals surface area (Å²) in [6, 6.07) is 9.62. The fourth-order valence-electron chi connectivity index (χ4n) is 2.64. The second kappa shape index (κ2) is 7.78. The lowest BCUT2D eigenvalue weighted by molar-refractivity contribution is 0.0944. The molecule has 0 radical (unpaired) electrons. The molecule has 21 heavy (non-hydrogen) atoms. The minimum Gasteiger partial charge on any atom is -0.491 e. The maximum absolute atomic E-state index is 9.97. The van der Waals surface area contributed by atoms with Crippen LogP contribution in [0.2, 0.25) is 0 Å². The Bertz CT molecular complexity index is 403. The molecular formula is C17H28N2O2. The van der Waals surface area contributed by atoms with Crippen molar-refractivity contribution in [3.8, 4) is 5.75 Å². The first-order valence-electron chi connectivity index (χ1n) is 7.83. The monoisotopic (exact) mass is 292 g/mol.